The van der Waals surface area contributed by atoms with Crippen molar-refractivity contribution in [3.05, 3.63) is 29.8 Å². The van der Waals surface area contributed by atoms with E-state index >= 15 is 0 Å². The topological polar surface area (TPSA) is 74.7 Å². The summed E-state index contributed by atoms with van der Waals surface area (Å²) in [6.07, 6.45) is 1.69. The third-order valence-corrected chi connectivity index (χ3v) is 5.29. The molecule has 0 spiro atoms. The van der Waals surface area contributed by atoms with Crippen LogP contribution in [0.4, 0.5) is 5.69 Å². The molecule has 0 saturated heterocycles. The molecule has 0 aliphatic heterocycles. The largest absolute Gasteiger partial charge is 0.481 e. The van der Waals surface area contributed by atoms with Crippen LogP contribution in [-0.2, 0) is 14.8 Å². The van der Waals surface area contributed by atoms with E-state index in [1.54, 1.807) is 12.1 Å². The summed E-state index contributed by atoms with van der Waals surface area (Å²) in [5.74, 6) is -0.651. The second-order valence-corrected chi connectivity index (χ2v) is 7.21. The molecule has 5 nitrogen and oxygen atoms in total. The van der Waals surface area contributed by atoms with E-state index in [-0.39, 0.29) is 24.6 Å². The zero-order valence-corrected chi connectivity index (χ0v) is 12.3. The molecule has 0 unspecified atom stereocenters. The molecule has 0 aromatic heterocycles. The Morgan fingerprint density at radius 2 is 1.90 bits per heavy atom. The molecule has 2 rings (SSSR count). The first-order valence-corrected chi connectivity index (χ1v) is 8.28. The highest BCUT2D eigenvalue weighted by Gasteiger charge is 2.32. The Morgan fingerprint density at radius 1 is 1.30 bits per heavy atom. The molecule has 110 valence electrons. The number of sulfonamides is 1. The maximum atomic E-state index is 12.4. The summed E-state index contributed by atoms with van der Waals surface area (Å²) in [5, 5.41) is 8.79. The summed E-state index contributed by atoms with van der Waals surface area (Å²) in [5.41, 5.74) is 1.57. The molecule has 1 aliphatic rings. The molecule has 1 fully saturated rings. The van der Waals surface area contributed by atoms with Gasteiger partial charge in [-0.2, -0.15) is 0 Å². The Bertz CT molecular complexity index is 576. The Balaban J connectivity index is 2.22. The number of carboxylic acid groups (broad SMARTS) is 1. The maximum absolute atomic E-state index is 12.4. The summed E-state index contributed by atoms with van der Waals surface area (Å²) in [6, 6.07) is 7.11. The molecule has 1 aromatic rings. The van der Waals surface area contributed by atoms with Crippen LogP contribution in [0, 0.1) is 12.8 Å². The number of carbonyl (C=O) groups is 1. The number of hydrogen-bond donors (Lipinski definition) is 1. The van der Waals surface area contributed by atoms with Gasteiger partial charge in [-0.05, 0) is 37.8 Å². The Kier molecular flexibility index (Phi) is 4.32. The normalized spacial score (nSPS) is 15.1. The number of rotatable bonds is 7. The fourth-order valence-corrected chi connectivity index (χ4v) is 3.93. The van der Waals surface area contributed by atoms with Gasteiger partial charge in [-0.15, -0.1) is 0 Å². The van der Waals surface area contributed by atoms with Gasteiger partial charge < -0.3 is 5.11 Å². The molecule has 0 amide bonds. The third kappa shape index (κ3) is 3.96. The molecule has 1 aliphatic carbocycles. The van der Waals surface area contributed by atoms with Crippen molar-refractivity contribution in [2.45, 2.75) is 26.2 Å². The van der Waals surface area contributed by atoms with Gasteiger partial charge in [-0.3, -0.25) is 9.10 Å². The van der Waals surface area contributed by atoms with E-state index in [1.165, 1.54) is 4.31 Å². The number of benzene rings is 1. The predicted octanol–water partition coefficient (Wildman–Crippen LogP) is 2.02. The zero-order valence-electron chi connectivity index (χ0n) is 11.4. The van der Waals surface area contributed by atoms with Crippen molar-refractivity contribution in [3.63, 3.8) is 0 Å². The summed E-state index contributed by atoms with van der Waals surface area (Å²) < 4.78 is 26.1. The van der Waals surface area contributed by atoms with E-state index in [0.717, 1.165) is 18.4 Å². The van der Waals surface area contributed by atoms with Gasteiger partial charge in [0.05, 0.1) is 17.9 Å². The number of aliphatic carboxylic acids is 1. The SMILES string of the molecule is Cc1ccc(N(CCC(=O)O)S(=O)(=O)CC2CC2)cc1. The van der Waals surface area contributed by atoms with Crippen LogP contribution in [-0.4, -0.2) is 31.8 Å². The minimum absolute atomic E-state index is 0.0204. The molecular weight excluding hydrogens is 278 g/mol. The van der Waals surface area contributed by atoms with Crippen LogP contribution in [0.5, 0.6) is 0 Å². The van der Waals surface area contributed by atoms with E-state index in [1.807, 2.05) is 19.1 Å². The first-order valence-electron chi connectivity index (χ1n) is 6.67. The first-order chi connectivity index (χ1) is 9.38. The highest BCUT2D eigenvalue weighted by molar-refractivity contribution is 7.92. The van der Waals surface area contributed by atoms with E-state index in [2.05, 4.69) is 0 Å². The Hall–Kier alpha value is -1.56. The van der Waals surface area contributed by atoms with Crippen LogP contribution in [0.25, 0.3) is 0 Å². The smallest absolute Gasteiger partial charge is 0.305 e. The number of nitrogens with zero attached hydrogens (tertiary/aromatic N) is 1. The molecule has 0 heterocycles. The monoisotopic (exact) mass is 297 g/mol. The van der Waals surface area contributed by atoms with Gasteiger partial charge in [0.25, 0.3) is 0 Å². The summed E-state index contributed by atoms with van der Waals surface area (Å²) in [6.45, 7) is 1.90. The van der Waals surface area contributed by atoms with Crippen LogP contribution in [0.2, 0.25) is 0 Å². The second-order valence-electron chi connectivity index (χ2n) is 5.27. The van der Waals surface area contributed by atoms with E-state index < -0.39 is 16.0 Å². The van der Waals surface area contributed by atoms with Crippen molar-refractivity contribution in [1.82, 2.24) is 0 Å². The fourth-order valence-electron chi connectivity index (χ4n) is 2.01. The predicted molar refractivity (Wildman–Crippen MR) is 77.3 cm³/mol. The Morgan fingerprint density at radius 3 is 2.40 bits per heavy atom. The standard InChI is InChI=1S/C14H19NO4S/c1-11-2-6-13(7-3-11)15(9-8-14(16)17)20(18,19)10-12-4-5-12/h2-3,6-7,12H,4-5,8-10H2,1H3,(H,16,17). The van der Waals surface area contributed by atoms with E-state index in [4.69, 9.17) is 5.11 Å². The molecule has 1 saturated carbocycles. The van der Waals surface area contributed by atoms with Gasteiger partial charge in [0, 0.05) is 6.54 Å². The fraction of sp³-hybridized carbons (Fsp3) is 0.500. The zero-order chi connectivity index (χ0) is 14.8. The minimum Gasteiger partial charge on any atom is -0.481 e. The number of anilines is 1. The van der Waals surface area contributed by atoms with E-state index in [0.29, 0.717) is 5.69 Å². The molecule has 1 N–H and O–H groups in total. The number of hydrogen-bond acceptors (Lipinski definition) is 3. The average Bonchev–Trinajstić information content (AvgIpc) is 3.14. The molecular formula is C14H19NO4S. The summed E-state index contributed by atoms with van der Waals surface area (Å²) >= 11 is 0. The van der Waals surface area contributed by atoms with Gasteiger partial charge in [-0.25, -0.2) is 8.42 Å². The lowest BCUT2D eigenvalue weighted by atomic mass is 10.2. The lowest BCUT2D eigenvalue weighted by molar-refractivity contribution is -0.136. The Labute approximate surface area is 119 Å². The van der Waals surface area contributed by atoms with Crippen LogP contribution in [0.15, 0.2) is 24.3 Å². The van der Waals surface area contributed by atoms with Crippen LogP contribution < -0.4 is 4.31 Å². The van der Waals surface area contributed by atoms with Crippen molar-refractivity contribution in [2.24, 2.45) is 5.92 Å². The molecule has 20 heavy (non-hydrogen) atoms. The summed E-state index contributed by atoms with van der Waals surface area (Å²) in [4.78, 5) is 10.7. The van der Waals surface area contributed by atoms with Crippen molar-refractivity contribution in [3.8, 4) is 0 Å². The number of aryl methyl sites for hydroxylation is 1. The lowest BCUT2D eigenvalue weighted by Gasteiger charge is -2.24. The average molecular weight is 297 g/mol. The minimum atomic E-state index is -3.45. The highest BCUT2D eigenvalue weighted by Crippen LogP contribution is 2.32. The van der Waals surface area contributed by atoms with Gasteiger partial charge >= 0.3 is 5.97 Å². The molecule has 6 heteroatoms. The molecule has 0 atom stereocenters. The van der Waals surface area contributed by atoms with Gasteiger partial charge in [0.1, 0.15) is 0 Å². The second kappa shape index (κ2) is 5.83. The summed E-state index contributed by atoms with van der Waals surface area (Å²) in [7, 11) is -3.45. The molecule has 0 bridgehead atoms. The van der Waals surface area contributed by atoms with Crippen molar-refractivity contribution < 1.29 is 18.3 Å². The van der Waals surface area contributed by atoms with Crippen molar-refractivity contribution in [1.29, 1.82) is 0 Å². The van der Waals surface area contributed by atoms with Gasteiger partial charge in [0.15, 0.2) is 0 Å². The quantitative estimate of drug-likeness (QED) is 0.835. The van der Waals surface area contributed by atoms with Gasteiger partial charge in [-0.1, -0.05) is 17.7 Å². The molecule has 0 radical (unpaired) electrons. The lowest BCUT2D eigenvalue weighted by Crippen LogP contribution is -2.35. The van der Waals surface area contributed by atoms with Crippen LogP contribution >= 0.6 is 0 Å². The maximum Gasteiger partial charge on any atom is 0.305 e. The first kappa shape index (κ1) is 14.8. The van der Waals surface area contributed by atoms with Crippen molar-refractivity contribution >= 4 is 21.7 Å². The van der Waals surface area contributed by atoms with E-state index in [9.17, 15) is 13.2 Å². The number of carboxylic acids is 1. The highest BCUT2D eigenvalue weighted by atomic mass is 32.2. The van der Waals surface area contributed by atoms with Gasteiger partial charge in [0.2, 0.25) is 10.0 Å². The van der Waals surface area contributed by atoms with Crippen LogP contribution in [0.3, 0.4) is 0 Å². The molecule has 1 aromatic carbocycles. The third-order valence-electron chi connectivity index (χ3n) is 3.33. The van der Waals surface area contributed by atoms with Crippen molar-refractivity contribution in [2.75, 3.05) is 16.6 Å². The van der Waals surface area contributed by atoms with Crippen LogP contribution in [0.1, 0.15) is 24.8 Å².